The first-order chi connectivity index (χ1) is 14.1. The van der Waals surface area contributed by atoms with Crippen LogP contribution in [0.4, 0.5) is 0 Å². The van der Waals surface area contributed by atoms with Crippen molar-refractivity contribution in [2.45, 2.75) is 6.61 Å². The number of carboxylic acid groups (broad SMARTS) is 1. The summed E-state index contributed by atoms with van der Waals surface area (Å²) < 4.78 is 7.35. The lowest BCUT2D eigenvalue weighted by atomic mass is 10.1. The van der Waals surface area contributed by atoms with Gasteiger partial charge in [-0.05, 0) is 34.2 Å². The van der Waals surface area contributed by atoms with Crippen molar-refractivity contribution in [2.24, 2.45) is 0 Å². The smallest absolute Gasteiger partial charge is 0.342 e. The van der Waals surface area contributed by atoms with Gasteiger partial charge >= 0.3 is 5.97 Å². The average molecular weight is 390 g/mol. The molecule has 0 saturated carbocycles. The number of tetrazole rings is 1. The molecule has 2 aromatic carbocycles. The average Bonchev–Trinajstić information content (AvgIpc) is 3.27. The van der Waals surface area contributed by atoms with E-state index in [1.165, 1.54) is 11.0 Å². The second-order valence-electron chi connectivity index (χ2n) is 5.99. The fraction of sp³-hybridized carbons (Fsp3) is 0.0526. The van der Waals surface area contributed by atoms with Crippen LogP contribution in [0.5, 0.6) is 5.75 Å². The van der Waals surface area contributed by atoms with Gasteiger partial charge in [0.15, 0.2) is 0 Å². The number of H-pyrrole nitrogens is 1. The highest BCUT2D eigenvalue weighted by Gasteiger charge is 2.14. The van der Waals surface area contributed by atoms with Crippen molar-refractivity contribution in [3.8, 4) is 22.8 Å². The molecular weight excluding hydrogens is 376 g/mol. The van der Waals surface area contributed by atoms with Gasteiger partial charge in [0.05, 0.1) is 0 Å². The number of aromatic amines is 1. The Bertz CT molecular complexity index is 1210. The number of rotatable bonds is 6. The number of carboxylic acids is 1. The Hall–Kier alpha value is -4.34. The van der Waals surface area contributed by atoms with Crippen molar-refractivity contribution in [1.82, 2.24) is 30.2 Å². The molecule has 0 fully saturated rings. The maximum absolute atomic E-state index is 12.0. The number of nitrogens with one attached hydrogen (secondary N) is 1. The van der Waals surface area contributed by atoms with Crippen molar-refractivity contribution in [3.05, 3.63) is 82.5 Å². The van der Waals surface area contributed by atoms with Crippen LogP contribution in [0.2, 0.25) is 0 Å². The van der Waals surface area contributed by atoms with E-state index < -0.39 is 17.1 Å². The van der Waals surface area contributed by atoms with E-state index in [1.807, 2.05) is 30.3 Å². The van der Waals surface area contributed by atoms with Crippen LogP contribution in [-0.4, -0.2) is 41.3 Å². The molecule has 4 aromatic rings. The molecule has 2 aromatic heterocycles. The van der Waals surface area contributed by atoms with Crippen molar-refractivity contribution < 1.29 is 14.6 Å². The molecule has 0 bridgehead atoms. The van der Waals surface area contributed by atoms with Gasteiger partial charge < -0.3 is 14.8 Å². The summed E-state index contributed by atoms with van der Waals surface area (Å²) in [5.41, 5.74) is 0.896. The lowest BCUT2D eigenvalue weighted by Crippen LogP contribution is -2.18. The van der Waals surface area contributed by atoms with Gasteiger partial charge in [0.25, 0.3) is 5.56 Å². The summed E-state index contributed by atoms with van der Waals surface area (Å²) in [5.74, 6) is -0.609. The van der Waals surface area contributed by atoms with E-state index in [2.05, 4.69) is 25.5 Å². The lowest BCUT2D eigenvalue weighted by molar-refractivity contribution is 0.0694. The molecule has 0 amide bonds. The molecule has 4 rings (SSSR count). The number of aromatic carboxylic acids is 1. The van der Waals surface area contributed by atoms with Gasteiger partial charge in [-0.1, -0.05) is 30.3 Å². The lowest BCUT2D eigenvalue weighted by Gasteiger charge is -2.12. The summed E-state index contributed by atoms with van der Waals surface area (Å²) in [7, 11) is 0. The number of ether oxygens (including phenoxy) is 1. The number of hydrogen-bond donors (Lipinski definition) is 2. The Morgan fingerprint density at radius 2 is 2.00 bits per heavy atom. The van der Waals surface area contributed by atoms with Gasteiger partial charge in [0.2, 0.25) is 0 Å². The van der Waals surface area contributed by atoms with Crippen molar-refractivity contribution >= 4 is 5.97 Å². The summed E-state index contributed by atoms with van der Waals surface area (Å²) in [6.45, 7) is 0.345. The van der Waals surface area contributed by atoms with Gasteiger partial charge in [-0.3, -0.25) is 4.79 Å². The first-order valence-electron chi connectivity index (χ1n) is 8.49. The van der Waals surface area contributed by atoms with Crippen molar-refractivity contribution in [2.75, 3.05) is 0 Å². The molecule has 0 aliphatic heterocycles. The summed E-state index contributed by atoms with van der Waals surface area (Å²) >= 11 is 0. The van der Waals surface area contributed by atoms with Gasteiger partial charge in [0.1, 0.15) is 35.8 Å². The number of carbonyl (C=O) groups is 1. The van der Waals surface area contributed by atoms with Crippen molar-refractivity contribution in [1.29, 1.82) is 0 Å². The third-order valence-electron chi connectivity index (χ3n) is 4.10. The summed E-state index contributed by atoms with van der Waals surface area (Å²) in [5, 5.41) is 20.2. The van der Waals surface area contributed by atoms with E-state index in [0.717, 1.165) is 11.8 Å². The first-order valence-corrected chi connectivity index (χ1v) is 8.49. The Balaban J connectivity index is 1.70. The van der Waals surface area contributed by atoms with Crippen LogP contribution in [0.25, 0.3) is 17.1 Å². The summed E-state index contributed by atoms with van der Waals surface area (Å²) in [4.78, 5) is 29.5. The maximum atomic E-state index is 12.0. The third kappa shape index (κ3) is 3.86. The molecule has 0 unspecified atom stereocenters. The minimum atomic E-state index is -1.34. The van der Waals surface area contributed by atoms with E-state index in [9.17, 15) is 9.59 Å². The van der Waals surface area contributed by atoms with E-state index in [4.69, 9.17) is 9.84 Å². The van der Waals surface area contributed by atoms with Gasteiger partial charge in [0, 0.05) is 11.8 Å². The molecule has 0 spiro atoms. The Kier molecular flexibility index (Phi) is 4.81. The Morgan fingerprint density at radius 3 is 2.69 bits per heavy atom. The molecule has 0 radical (unpaired) electrons. The molecule has 10 nitrogen and oxygen atoms in total. The zero-order valence-electron chi connectivity index (χ0n) is 14.9. The maximum Gasteiger partial charge on any atom is 0.342 e. The number of aromatic nitrogens is 6. The third-order valence-corrected chi connectivity index (χ3v) is 4.10. The van der Waals surface area contributed by atoms with E-state index in [1.54, 1.807) is 18.2 Å². The molecule has 10 heteroatoms. The van der Waals surface area contributed by atoms with E-state index >= 15 is 0 Å². The molecule has 2 N–H and O–H groups in total. The quantitative estimate of drug-likeness (QED) is 0.508. The summed E-state index contributed by atoms with van der Waals surface area (Å²) in [6.07, 6.45) is 2.44. The van der Waals surface area contributed by atoms with Crippen molar-refractivity contribution in [3.63, 3.8) is 0 Å². The van der Waals surface area contributed by atoms with Crippen LogP contribution in [-0.2, 0) is 6.61 Å². The topological polar surface area (TPSA) is 136 Å². The number of nitrogens with zero attached hydrogens (tertiary/aromatic N) is 5. The van der Waals surface area contributed by atoms with Gasteiger partial charge in [-0.25, -0.2) is 9.78 Å². The summed E-state index contributed by atoms with van der Waals surface area (Å²) in [6, 6.07) is 14.8. The fourth-order valence-corrected chi connectivity index (χ4v) is 2.67. The minimum absolute atomic E-state index is 0.212. The Morgan fingerprint density at radius 1 is 1.17 bits per heavy atom. The van der Waals surface area contributed by atoms with Crippen LogP contribution in [0.15, 0.2) is 65.8 Å². The molecule has 0 aliphatic rings. The van der Waals surface area contributed by atoms with E-state index in [-0.39, 0.29) is 5.82 Å². The van der Waals surface area contributed by atoms with Crippen LogP contribution in [0, 0.1) is 0 Å². The zero-order valence-corrected chi connectivity index (χ0v) is 14.9. The van der Waals surface area contributed by atoms with Crippen LogP contribution in [0.3, 0.4) is 0 Å². The molecular formula is C19H14N6O4. The van der Waals surface area contributed by atoms with Crippen LogP contribution in [0.1, 0.15) is 15.9 Å². The zero-order chi connectivity index (χ0) is 20.2. The first kappa shape index (κ1) is 18.0. The highest BCUT2D eigenvalue weighted by Crippen LogP contribution is 2.28. The fourth-order valence-electron chi connectivity index (χ4n) is 2.67. The molecule has 29 heavy (non-hydrogen) atoms. The van der Waals surface area contributed by atoms with E-state index in [0.29, 0.717) is 23.6 Å². The monoisotopic (exact) mass is 390 g/mol. The second kappa shape index (κ2) is 7.72. The number of benzene rings is 2. The van der Waals surface area contributed by atoms with Gasteiger partial charge in [-0.2, -0.15) is 4.68 Å². The number of hydrogen-bond acceptors (Lipinski definition) is 7. The normalized spacial score (nSPS) is 10.6. The molecule has 2 heterocycles. The largest absolute Gasteiger partial charge is 0.487 e. The van der Waals surface area contributed by atoms with Gasteiger partial charge in [-0.15, -0.1) is 5.10 Å². The second-order valence-corrected chi connectivity index (χ2v) is 5.99. The van der Waals surface area contributed by atoms with Crippen LogP contribution >= 0.6 is 0 Å². The standard InChI is InChI=1S/C19H14N6O4/c26-18-14(19(27)28)9-20-17(22-18)13-6-7-16(15(8-13)25-11-21-23-24-25)29-10-12-4-2-1-3-5-12/h1-9,11H,10H2,(H,27,28)(H,20,22,26). The predicted octanol–water partition coefficient (Wildman–Crippen LogP) is 1.69. The molecule has 0 aliphatic carbocycles. The highest BCUT2D eigenvalue weighted by atomic mass is 16.5. The predicted molar refractivity (Wildman–Crippen MR) is 101 cm³/mol. The molecule has 0 saturated heterocycles. The molecule has 0 atom stereocenters. The SMILES string of the molecule is O=C(O)c1cnc(-c2ccc(OCc3ccccc3)c(-n3cnnn3)c2)[nH]c1=O. The van der Waals surface area contributed by atoms with Crippen LogP contribution < -0.4 is 10.3 Å². The minimum Gasteiger partial charge on any atom is -0.487 e. The highest BCUT2D eigenvalue weighted by molar-refractivity contribution is 5.86. The Labute approximate surface area is 163 Å². The molecule has 144 valence electrons.